The summed E-state index contributed by atoms with van der Waals surface area (Å²) in [5.41, 5.74) is 3.44. The van der Waals surface area contributed by atoms with Gasteiger partial charge in [-0.2, -0.15) is 5.10 Å². The highest BCUT2D eigenvalue weighted by atomic mass is 32.2. The number of carbonyl (C=O) groups excluding carboxylic acids is 1. The molecule has 1 aliphatic rings. The number of aryl methyl sites for hydroxylation is 1. The Morgan fingerprint density at radius 3 is 2.65 bits per heavy atom. The molecule has 1 amide bonds. The number of thiocarbonyl (C=S) groups is 1. The molecule has 0 radical (unpaired) electrons. The SMILES string of the molecule is CCC(C)N1C(=O)/C(=C/c2cn(-c3ccccc3)nc2-c2ccc(C)c(F)c2)SC1=S. The van der Waals surface area contributed by atoms with Gasteiger partial charge in [0.2, 0.25) is 0 Å². The van der Waals surface area contributed by atoms with E-state index >= 15 is 0 Å². The van der Waals surface area contributed by atoms with Gasteiger partial charge in [-0.3, -0.25) is 9.69 Å². The molecule has 4 rings (SSSR count). The quantitative estimate of drug-likeness (QED) is 0.353. The van der Waals surface area contributed by atoms with E-state index in [1.54, 1.807) is 28.6 Å². The fraction of sp³-hybridized carbons (Fsp3) is 0.208. The van der Waals surface area contributed by atoms with Gasteiger partial charge >= 0.3 is 0 Å². The lowest BCUT2D eigenvalue weighted by Crippen LogP contribution is -2.36. The molecule has 0 saturated carbocycles. The van der Waals surface area contributed by atoms with Gasteiger partial charge in [-0.1, -0.05) is 61.2 Å². The lowest BCUT2D eigenvalue weighted by Gasteiger charge is -2.21. The van der Waals surface area contributed by atoms with Crippen molar-refractivity contribution in [2.45, 2.75) is 33.2 Å². The summed E-state index contributed by atoms with van der Waals surface area (Å²) in [5.74, 6) is -0.390. The number of carbonyl (C=O) groups is 1. The standard InChI is InChI=1S/C24H22FN3OS2/c1-4-16(3)28-23(29)21(31-24(28)30)13-18-14-27(19-8-6-5-7-9-19)26-22(18)17-11-10-15(2)20(25)12-17/h5-14,16H,4H2,1-3H3/b21-13-. The number of benzene rings is 2. The van der Waals surface area contributed by atoms with Crippen molar-refractivity contribution < 1.29 is 9.18 Å². The molecule has 4 nitrogen and oxygen atoms in total. The Morgan fingerprint density at radius 2 is 1.97 bits per heavy atom. The third kappa shape index (κ3) is 4.20. The number of para-hydroxylation sites is 1. The molecule has 1 aliphatic heterocycles. The summed E-state index contributed by atoms with van der Waals surface area (Å²) in [6, 6.07) is 14.8. The number of halogens is 1. The predicted octanol–water partition coefficient (Wildman–Crippen LogP) is 5.99. The number of hydrogen-bond donors (Lipinski definition) is 0. The summed E-state index contributed by atoms with van der Waals surface area (Å²) in [5, 5.41) is 4.72. The second-order valence-electron chi connectivity index (χ2n) is 7.49. The normalized spacial score (nSPS) is 16.4. The van der Waals surface area contributed by atoms with Gasteiger partial charge in [0.1, 0.15) is 15.8 Å². The Labute approximate surface area is 190 Å². The molecule has 0 spiro atoms. The van der Waals surface area contributed by atoms with Gasteiger partial charge in [0.05, 0.1) is 10.6 Å². The Morgan fingerprint density at radius 1 is 1.23 bits per heavy atom. The van der Waals surface area contributed by atoms with Crippen LogP contribution in [0.2, 0.25) is 0 Å². The maximum absolute atomic E-state index is 14.3. The fourth-order valence-electron chi connectivity index (χ4n) is 3.35. The second kappa shape index (κ2) is 8.77. The van der Waals surface area contributed by atoms with E-state index in [9.17, 15) is 9.18 Å². The van der Waals surface area contributed by atoms with Crippen molar-refractivity contribution >= 4 is 40.3 Å². The molecule has 158 valence electrons. The summed E-state index contributed by atoms with van der Waals surface area (Å²) < 4.78 is 16.6. The van der Waals surface area contributed by atoms with Gasteiger partial charge in [0.25, 0.3) is 5.91 Å². The summed E-state index contributed by atoms with van der Waals surface area (Å²) >= 11 is 6.74. The highest BCUT2D eigenvalue weighted by Crippen LogP contribution is 2.36. The van der Waals surface area contributed by atoms with Crippen LogP contribution >= 0.6 is 24.0 Å². The molecular weight excluding hydrogens is 429 g/mol. The van der Waals surface area contributed by atoms with Crippen molar-refractivity contribution in [3.8, 4) is 16.9 Å². The molecule has 0 N–H and O–H groups in total. The first-order chi connectivity index (χ1) is 14.9. The van der Waals surface area contributed by atoms with E-state index in [0.717, 1.165) is 17.7 Å². The summed E-state index contributed by atoms with van der Waals surface area (Å²) in [7, 11) is 0. The highest BCUT2D eigenvalue weighted by Gasteiger charge is 2.35. The predicted molar refractivity (Wildman–Crippen MR) is 128 cm³/mol. The molecular formula is C24H22FN3OS2. The molecule has 1 atom stereocenters. The van der Waals surface area contributed by atoms with Gasteiger partial charge in [0, 0.05) is 23.4 Å². The zero-order valence-electron chi connectivity index (χ0n) is 17.5. The maximum Gasteiger partial charge on any atom is 0.266 e. The third-order valence-corrected chi connectivity index (χ3v) is 6.68. The lowest BCUT2D eigenvalue weighted by atomic mass is 10.1. The molecule has 7 heteroatoms. The first-order valence-electron chi connectivity index (χ1n) is 10.1. The van der Waals surface area contributed by atoms with E-state index < -0.39 is 0 Å². The molecule has 1 saturated heterocycles. The van der Waals surface area contributed by atoms with Crippen LogP contribution in [0, 0.1) is 12.7 Å². The van der Waals surface area contributed by atoms with E-state index in [-0.39, 0.29) is 17.8 Å². The summed E-state index contributed by atoms with van der Waals surface area (Å²) in [6.45, 7) is 5.74. The number of hydrogen-bond acceptors (Lipinski definition) is 4. The smallest absolute Gasteiger partial charge is 0.266 e. The maximum atomic E-state index is 14.3. The lowest BCUT2D eigenvalue weighted by molar-refractivity contribution is -0.123. The van der Waals surface area contributed by atoms with Gasteiger partial charge in [0.15, 0.2) is 0 Å². The Hall–Kier alpha value is -2.77. The summed E-state index contributed by atoms with van der Waals surface area (Å²) in [4.78, 5) is 15.2. The van der Waals surface area contributed by atoms with Crippen molar-refractivity contribution in [3.05, 3.63) is 76.6 Å². The van der Waals surface area contributed by atoms with Crippen LogP contribution in [0.1, 0.15) is 31.4 Å². The van der Waals surface area contributed by atoms with Crippen LogP contribution in [0.3, 0.4) is 0 Å². The molecule has 2 aromatic carbocycles. The van der Waals surface area contributed by atoms with Gasteiger partial charge in [-0.05, 0) is 50.1 Å². The van der Waals surface area contributed by atoms with E-state index in [1.165, 1.54) is 17.8 Å². The van der Waals surface area contributed by atoms with Crippen molar-refractivity contribution in [2.24, 2.45) is 0 Å². The van der Waals surface area contributed by atoms with Crippen LogP contribution in [0.4, 0.5) is 4.39 Å². The van der Waals surface area contributed by atoms with E-state index in [1.807, 2.05) is 56.4 Å². The van der Waals surface area contributed by atoms with Crippen molar-refractivity contribution in [2.75, 3.05) is 0 Å². The zero-order valence-corrected chi connectivity index (χ0v) is 19.1. The number of nitrogens with zero attached hydrogens (tertiary/aromatic N) is 3. The number of aromatic nitrogens is 2. The molecule has 0 aliphatic carbocycles. The molecule has 3 aromatic rings. The topological polar surface area (TPSA) is 38.1 Å². The molecule has 1 fully saturated rings. The van der Waals surface area contributed by atoms with Crippen LogP contribution in [-0.2, 0) is 4.79 Å². The average Bonchev–Trinajstić information content (AvgIpc) is 3.31. The molecule has 31 heavy (non-hydrogen) atoms. The molecule has 1 aromatic heterocycles. The second-order valence-corrected chi connectivity index (χ2v) is 9.16. The van der Waals surface area contributed by atoms with Crippen LogP contribution in [0.25, 0.3) is 23.0 Å². The van der Waals surface area contributed by atoms with Crippen LogP contribution in [0.15, 0.2) is 59.6 Å². The number of rotatable bonds is 5. The number of amides is 1. The van der Waals surface area contributed by atoms with E-state index in [4.69, 9.17) is 17.3 Å². The minimum absolute atomic E-state index is 0.0381. The molecule has 2 heterocycles. The average molecular weight is 452 g/mol. The third-order valence-electron chi connectivity index (χ3n) is 5.35. The highest BCUT2D eigenvalue weighted by molar-refractivity contribution is 8.26. The van der Waals surface area contributed by atoms with Crippen LogP contribution in [-0.4, -0.2) is 30.9 Å². The van der Waals surface area contributed by atoms with E-state index in [0.29, 0.717) is 26.0 Å². The van der Waals surface area contributed by atoms with Crippen molar-refractivity contribution in [3.63, 3.8) is 0 Å². The molecule has 1 unspecified atom stereocenters. The summed E-state index contributed by atoms with van der Waals surface area (Å²) in [6.07, 6.45) is 4.49. The first-order valence-corrected chi connectivity index (χ1v) is 11.3. The van der Waals surface area contributed by atoms with Gasteiger partial charge in [-0.15, -0.1) is 0 Å². The number of thioether (sulfide) groups is 1. The van der Waals surface area contributed by atoms with Crippen molar-refractivity contribution in [1.82, 2.24) is 14.7 Å². The largest absolute Gasteiger partial charge is 0.290 e. The van der Waals surface area contributed by atoms with Crippen LogP contribution in [0.5, 0.6) is 0 Å². The van der Waals surface area contributed by atoms with Gasteiger partial charge < -0.3 is 0 Å². The minimum atomic E-state index is -0.291. The Bertz CT molecular complexity index is 1190. The molecule has 0 bridgehead atoms. The Balaban J connectivity index is 1.82. The fourth-order valence-corrected chi connectivity index (χ4v) is 4.81. The van der Waals surface area contributed by atoms with Crippen molar-refractivity contribution in [1.29, 1.82) is 0 Å². The Kier molecular flexibility index (Phi) is 6.07. The van der Waals surface area contributed by atoms with Gasteiger partial charge in [-0.25, -0.2) is 9.07 Å². The van der Waals surface area contributed by atoms with E-state index in [2.05, 4.69) is 0 Å². The zero-order chi connectivity index (χ0) is 22.1. The van der Waals surface area contributed by atoms with Crippen LogP contribution < -0.4 is 0 Å². The monoisotopic (exact) mass is 451 g/mol. The minimum Gasteiger partial charge on any atom is -0.290 e. The first kappa shape index (κ1) is 21.5.